The van der Waals surface area contributed by atoms with Crippen molar-refractivity contribution in [3.63, 3.8) is 0 Å². The maximum atomic E-state index is 12.5. The summed E-state index contributed by atoms with van der Waals surface area (Å²) in [4.78, 5) is 19.5. The molecule has 2 heterocycles. The Morgan fingerprint density at radius 3 is 2.50 bits per heavy atom. The minimum Gasteiger partial charge on any atom is -0.495 e. The van der Waals surface area contributed by atoms with E-state index in [4.69, 9.17) is 4.74 Å². The Morgan fingerprint density at radius 2 is 1.81 bits per heavy atom. The number of nitrogens with zero attached hydrogens (tertiary/aromatic N) is 3. The zero-order chi connectivity index (χ0) is 18.4. The van der Waals surface area contributed by atoms with Crippen LogP contribution in [0.4, 0.5) is 5.69 Å². The van der Waals surface area contributed by atoms with Crippen molar-refractivity contribution < 1.29 is 9.53 Å². The first kappa shape index (κ1) is 19.0. The van der Waals surface area contributed by atoms with Crippen molar-refractivity contribution in [2.45, 2.75) is 25.8 Å². The number of likely N-dealkylation sites (tertiary alicyclic amines) is 1. The van der Waals surface area contributed by atoms with Gasteiger partial charge in [0.2, 0.25) is 5.91 Å². The fourth-order valence-corrected chi connectivity index (χ4v) is 3.90. The topological polar surface area (TPSA) is 48.1 Å². The van der Waals surface area contributed by atoms with Crippen LogP contribution in [-0.4, -0.2) is 81.2 Å². The summed E-state index contributed by atoms with van der Waals surface area (Å²) in [6.45, 7) is 9.69. The monoisotopic (exact) mass is 360 g/mol. The summed E-state index contributed by atoms with van der Waals surface area (Å²) in [6.07, 6.45) is 2.58. The van der Waals surface area contributed by atoms with Crippen molar-refractivity contribution in [3.05, 3.63) is 24.3 Å². The molecule has 26 heavy (non-hydrogen) atoms. The lowest BCUT2D eigenvalue weighted by Gasteiger charge is -2.39. The van der Waals surface area contributed by atoms with Gasteiger partial charge < -0.3 is 19.9 Å². The lowest BCUT2D eigenvalue weighted by Crippen LogP contribution is -2.54. The van der Waals surface area contributed by atoms with Crippen LogP contribution in [0.3, 0.4) is 0 Å². The van der Waals surface area contributed by atoms with Gasteiger partial charge in [0.1, 0.15) is 5.75 Å². The van der Waals surface area contributed by atoms with E-state index in [1.165, 1.54) is 25.9 Å². The molecule has 3 rings (SSSR count). The van der Waals surface area contributed by atoms with Crippen LogP contribution in [-0.2, 0) is 4.79 Å². The van der Waals surface area contributed by atoms with Crippen molar-refractivity contribution in [2.75, 3.05) is 64.4 Å². The first-order valence-corrected chi connectivity index (χ1v) is 9.81. The van der Waals surface area contributed by atoms with E-state index in [1.807, 2.05) is 25.1 Å². The van der Waals surface area contributed by atoms with Gasteiger partial charge in [-0.3, -0.25) is 9.69 Å². The van der Waals surface area contributed by atoms with Crippen LogP contribution in [0.2, 0.25) is 0 Å². The Hall–Kier alpha value is -1.79. The summed E-state index contributed by atoms with van der Waals surface area (Å²) < 4.78 is 5.47. The number of carbonyl (C=O) groups excluding carboxylic acids is 1. The highest BCUT2D eigenvalue weighted by molar-refractivity contribution is 5.81. The molecule has 1 N–H and O–H groups in total. The predicted molar refractivity (Wildman–Crippen MR) is 105 cm³/mol. The summed E-state index contributed by atoms with van der Waals surface area (Å²) in [6, 6.07) is 8.06. The fourth-order valence-electron chi connectivity index (χ4n) is 3.90. The maximum Gasteiger partial charge on any atom is 0.237 e. The van der Waals surface area contributed by atoms with E-state index in [-0.39, 0.29) is 11.9 Å². The third-order valence-electron chi connectivity index (χ3n) is 5.59. The molecule has 6 heteroatoms. The Kier molecular flexibility index (Phi) is 6.74. The minimum absolute atomic E-state index is 0.0756. The van der Waals surface area contributed by atoms with Gasteiger partial charge in [-0.05, 0) is 45.0 Å². The molecular weight excluding hydrogens is 328 g/mol. The molecular formula is C20H32N4O2. The number of piperazine rings is 1. The van der Waals surface area contributed by atoms with E-state index in [0.717, 1.165) is 50.7 Å². The van der Waals surface area contributed by atoms with Crippen LogP contribution in [0.1, 0.15) is 19.8 Å². The molecule has 0 aliphatic carbocycles. The van der Waals surface area contributed by atoms with Gasteiger partial charge in [-0.1, -0.05) is 12.1 Å². The van der Waals surface area contributed by atoms with Crippen LogP contribution in [0.25, 0.3) is 0 Å². The highest BCUT2D eigenvalue weighted by atomic mass is 16.5. The van der Waals surface area contributed by atoms with Gasteiger partial charge in [0, 0.05) is 39.3 Å². The van der Waals surface area contributed by atoms with Gasteiger partial charge in [0.15, 0.2) is 0 Å². The molecule has 6 nitrogen and oxygen atoms in total. The highest BCUT2D eigenvalue weighted by Crippen LogP contribution is 2.28. The molecule has 2 aliphatic heterocycles. The summed E-state index contributed by atoms with van der Waals surface area (Å²) in [5.74, 6) is 1.06. The second-order valence-electron chi connectivity index (χ2n) is 7.21. The molecule has 0 saturated carbocycles. The van der Waals surface area contributed by atoms with E-state index < -0.39 is 0 Å². The summed E-state index contributed by atoms with van der Waals surface area (Å²) >= 11 is 0. The van der Waals surface area contributed by atoms with Gasteiger partial charge >= 0.3 is 0 Å². The number of amides is 1. The SMILES string of the molecule is COc1ccccc1N1CCN(C(C)C(=O)NCCN2CCCC2)CC1. The first-order chi connectivity index (χ1) is 12.7. The third-order valence-corrected chi connectivity index (χ3v) is 5.59. The largest absolute Gasteiger partial charge is 0.495 e. The van der Waals surface area contributed by atoms with E-state index >= 15 is 0 Å². The van der Waals surface area contributed by atoms with Crippen molar-refractivity contribution in [3.8, 4) is 5.75 Å². The Morgan fingerprint density at radius 1 is 1.12 bits per heavy atom. The average Bonchev–Trinajstić information content (AvgIpc) is 3.21. The summed E-state index contributed by atoms with van der Waals surface area (Å²) in [7, 11) is 1.71. The molecule has 1 atom stereocenters. The van der Waals surface area contributed by atoms with Gasteiger partial charge in [0.05, 0.1) is 18.8 Å². The molecule has 1 aromatic carbocycles. The number of carbonyl (C=O) groups is 1. The fraction of sp³-hybridized carbons (Fsp3) is 0.650. The Balaban J connectivity index is 1.43. The van der Waals surface area contributed by atoms with Crippen molar-refractivity contribution in [1.29, 1.82) is 0 Å². The normalized spacial score (nSPS) is 20.2. The van der Waals surface area contributed by atoms with E-state index in [2.05, 4.69) is 26.1 Å². The summed E-state index contributed by atoms with van der Waals surface area (Å²) in [5.41, 5.74) is 1.14. The lowest BCUT2D eigenvalue weighted by molar-refractivity contribution is -0.126. The lowest BCUT2D eigenvalue weighted by atomic mass is 10.2. The van der Waals surface area contributed by atoms with Crippen LogP contribution >= 0.6 is 0 Å². The highest BCUT2D eigenvalue weighted by Gasteiger charge is 2.26. The molecule has 1 amide bonds. The van der Waals surface area contributed by atoms with E-state index in [1.54, 1.807) is 7.11 Å². The maximum absolute atomic E-state index is 12.5. The van der Waals surface area contributed by atoms with Gasteiger partial charge in [-0.25, -0.2) is 0 Å². The second-order valence-corrected chi connectivity index (χ2v) is 7.21. The third kappa shape index (κ3) is 4.68. The molecule has 1 unspecified atom stereocenters. The van der Waals surface area contributed by atoms with Crippen LogP contribution < -0.4 is 15.0 Å². The molecule has 0 spiro atoms. The Bertz CT molecular complexity index is 581. The number of anilines is 1. The number of para-hydroxylation sites is 2. The Labute approximate surface area is 157 Å². The van der Waals surface area contributed by atoms with Crippen molar-refractivity contribution in [1.82, 2.24) is 15.1 Å². The van der Waals surface area contributed by atoms with E-state index in [9.17, 15) is 4.79 Å². The van der Waals surface area contributed by atoms with Crippen molar-refractivity contribution >= 4 is 11.6 Å². The van der Waals surface area contributed by atoms with Crippen molar-refractivity contribution in [2.24, 2.45) is 0 Å². The smallest absolute Gasteiger partial charge is 0.237 e. The molecule has 0 bridgehead atoms. The molecule has 0 aromatic heterocycles. The first-order valence-electron chi connectivity index (χ1n) is 9.81. The average molecular weight is 361 g/mol. The minimum atomic E-state index is -0.0756. The number of hydrogen-bond donors (Lipinski definition) is 1. The van der Waals surface area contributed by atoms with Gasteiger partial charge in [-0.2, -0.15) is 0 Å². The number of nitrogens with one attached hydrogen (secondary N) is 1. The zero-order valence-corrected chi connectivity index (χ0v) is 16.1. The van der Waals surface area contributed by atoms with Gasteiger partial charge in [0.25, 0.3) is 0 Å². The van der Waals surface area contributed by atoms with Crippen LogP contribution in [0.15, 0.2) is 24.3 Å². The zero-order valence-electron chi connectivity index (χ0n) is 16.1. The van der Waals surface area contributed by atoms with Gasteiger partial charge in [-0.15, -0.1) is 0 Å². The van der Waals surface area contributed by atoms with Crippen LogP contribution in [0.5, 0.6) is 5.75 Å². The standard InChI is InChI=1S/C20H32N4O2/c1-17(20(25)21-9-12-22-10-5-6-11-22)23-13-15-24(16-14-23)18-7-3-4-8-19(18)26-2/h3-4,7-8,17H,5-6,9-16H2,1-2H3,(H,21,25). The molecule has 0 radical (unpaired) electrons. The quantitative estimate of drug-likeness (QED) is 0.797. The molecule has 2 saturated heterocycles. The molecule has 144 valence electrons. The van der Waals surface area contributed by atoms with E-state index in [0.29, 0.717) is 0 Å². The number of rotatable bonds is 7. The summed E-state index contributed by atoms with van der Waals surface area (Å²) in [5, 5.41) is 3.11. The number of benzene rings is 1. The number of methoxy groups -OCH3 is 1. The number of ether oxygens (including phenoxy) is 1. The molecule has 2 aliphatic rings. The molecule has 1 aromatic rings. The van der Waals surface area contributed by atoms with Crippen LogP contribution in [0, 0.1) is 0 Å². The predicted octanol–water partition coefficient (Wildman–Crippen LogP) is 1.42. The number of hydrogen-bond acceptors (Lipinski definition) is 5. The molecule has 2 fully saturated rings. The second kappa shape index (κ2) is 9.24.